The Bertz CT molecular complexity index is 885. The van der Waals surface area contributed by atoms with Gasteiger partial charge in [0.1, 0.15) is 17.7 Å². The maximum Gasteiger partial charge on any atom is 0.328 e. The van der Waals surface area contributed by atoms with Gasteiger partial charge < -0.3 is 15.4 Å². The molecule has 0 fully saturated rings. The zero-order chi connectivity index (χ0) is 20.5. The number of rotatable bonds is 7. The highest BCUT2D eigenvalue weighted by Gasteiger charge is 2.18. The Morgan fingerprint density at radius 2 is 1.82 bits per heavy atom. The Morgan fingerprint density at radius 1 is 1.11 bits per heavy atom. The highest BCUT2D eigenvalue weighted by atomic mass is 19.1. The van der Waals surface area contributed by atoms with Crippen molar-refractivity contribution < 1.29 is 27.9 Å². The Kier molecular flexibility index (Phi) is 7.38. The molecule has 0 bridgehead atoms. The predicted octanol–water partition coefficient (Wildman–Crippen LogP) is 2.66. The first-order valence-corrected chi connectivity index (χ1v) is 8.30. The summed E-state index contributed by atoms with van der Waals surface area (Å²) in [4.78, 5) is 35.4. The minimum atomic E-state index is -0.997. The number of benzene rings is 2. The number of carbonyl (C=O) groups excluding carboxylic acids is 3. The van der Waals surface area contributed by atoms with Crippen molar-refractivity contribution in [2.24, 2.45) is 0 Å². The van der Waals surface area contributed by atoms with Gasteiger partial charge in [0, 0.05) is 12.1 Å². The molecule has 0 heterocycles. The van der Waals surface area contributed by atoms with Crippen LogP contribution in [0.4, 0.5) is 14.5 Å². The van der Waals surface area contributed by atoms with Gasteiger partial charge in [-0.05, 0) is 30.7 Å². The van der Waals surface area contributed by atoms with Crippen LogP contribution in [0.3, 0.4) is 0 Å². The molecule has 0 saturated carbocycles. The molecular formula is C20H18F2N2O4. The van der Waals surface area contributed by atoms with E-state index in [1.54, 1.807) is 6.08 Å². The van der Waals surface area contributed by atoms with Crippen LogP contribution in [-0.4, -0.2) is 30.4 Å². The van der Waals surface area contributed by atoms with E-state index in [0.29, 0.717) is 6.07 Å². The van der Waals surface area contributed by atoms with E-state index in [1.165, 1.54) is 13.0 Å². The number of hydrogen-bond acceptors (Lipinski definition) is 4. The number of halogens is 2. The molecule has 28 heavy (non-hydrogen) atoms. The van der Waals surface area contributed by atoms with Crippen LogP contribution in [-0.2, 0) is 19.1 Å². The lowest BCUT2D eigenvalue weighted by Gasteiger charge is -2.12. The molecule has 0 spiro atoms. The second-order valence-corrected chi connectivity index (χ2v) is 5.75. The molecule has 1 atom stereocenters. The van der Waals surface area contributed by atoms with Crippen LogP contribution in [0.5, 0.6) is 0 Å². The van der Waals surface area contributed by atoms with E-state index in [4.69, 9.17) is 4.74 Å². The zero-order valence-electron chi connectivity index (χ0n) is 14.9. The summed E-state index contributed by atoms with van der Waals surface area (Å²) in [5.74, 6) is -3.89. The summed E-state index contributed by atoms with van der Waals surface area (Å²) < 4.78 is 31.1. The van der Waals surface area contributed by atoms with Crippen molar-refractivity contribution in [2.75, 3.05) is 11.9 Å². The molecule has 8 heteroatoms. The lowest BCUT2D eigenvalue weighted by atomic mass is 10.2. The minimum Gasteiger partial charge on any atom is -0.454 e. The second-order valence-electron chi connectivity index (χ2n) is 5.75. The van der Waals surface area contributed by atoms with Crippen LogP contribution < -0.4 is 10.6 Å². The third-order valence-electron chi connectivity index (χ3n) is 3.49. The van der Waals surface area contributed by atoms with Gasteiger partial charge in [0.15, 0.2) is 6.61 Å². The van der Waals surface area contributed by atoms with Gasteiger partial charge in [-0.2, -0.15) is 0 Å². The molecule has 6 nitrogen and oxygen atoms in total. The number of nitrogens with one attached hydrogen (secondary N) is 2. The molecule has 0 radical (unpaired) electrons. The standard InChI is InChI=1S/C20H18F2N2O4/c1-13(23-18(25)10-7-14-5-3-2-4-6-14)20(27)28-12-19(26)24-17-9-8-15(21)11-16(17)22/h2-11,13H,12H2,1H3,(H,23,25)(H,24,26)/b10-7+/t13-/m0/s1. The van der Waals surface area contributed by atoms with Crippen molar-refractivity contribution in [3.63, 3.8) is 0 Å². The van der Waals surface area contributed by atoms with E-state index in [2.05, 4.69) is 10.6 Å². The normalized spacial score (nSPS) is 11.7. The van der Waals surface area contributed by atoms with Gasteiger partial charge in [0.2, 0.25) is 5.91 Å². The van der Waals surface area contributed by atoms with Gasteiger partial charge >= 0.3 is 5.97 Å². The van der Waals surface area contributed by atoms with Gasteiger partial charge in [0.25, 0.3) is 5.91 Å². The third-order valence-corrected chi connectivity index (χ3v) is 3.49. The molecule has 2 N–H and O–H groups in total. The van der Waals surface area contributed by atoms with Crippen LogP contribution in [0.15, 0.2) is 54.6 Å². The first-order valence-electron chi connectivity index (χ1n) is 8.30. The van der Waals surface area contributed by atoms with Crippen LogP contribution in [0.2, 0.25) is 0 Å². The first kappa shape index (κ1) is 20.8. The molecule has 2 amide bonds. The number of ether oxygens (including phenoxy) is 1. The summed E-state index contributed by atoms with van der Waals surface area (Å²) in [6, 6.07) is 10.7. The molecular weight excluding hydrogens is 370 g/mol. The van der Waals surface area contributed by atoms with E-state index >= 15 is 0 Å². The van der Waals surface area contributed by atoms with Gasteiger partial charge in [-0.25, -0.2) is 13.6 Å². The van der Waals surface area contributed by atoms with Crippen LogP contribution in [0.1, 0.15) is 12.5 Å². The highest BCUT2D eigenvalue weighted by Crippen LogP contribution is 2.14. The number of amides is 2. The Labute approximate surface area is 160 Å². The number of hydrogen-bond donors (Lipinski definition) is 2. The average Bonchev–Trinajstić information content (AvgIpc) is 2.67. The highest BCUT2D eigenvalue weighted by molar-refractivity contribution is 5.96. The van der Waals surface area contributed by atoms with Gasteiger partial charge in [-0.15, -0.1) is 0 Å². The number of esters is 1. The van der Waals surface area contributed by atoms with Gasteiger partial charge in [-0.3, -0.25) is 9.59 Å². The average molecular weight is 388 g/mol. The van der Waals surface area contributed by atoms with Crippen molar-refractivity contribution in [1.82, 2.24) is 5.32 Å². The molecule has 0 aliphatic heterocycles. The lowest BCUT2D eigenvalue weighted by Crippen LogP contribution is -2.39. The fraction of sp³-hybridized carbons (Fsp3) is 0.150. The maximum atomic E-state index is 13.5. The van der Waals surface area contributed by atoms with Crippen LogP contribution in [0.25, 0.3) is 6.08 Å². The quantitative estimate of drug-likeness (QED) is 0.564. The second kappa shape index (κ2) is 9.96. The Hall–Kier alpha value is -3.55. The zero-order valence-corrected chi connectivity index (χ0v) is 14.9. The van der Waals surface area contributed by atoms with E-state index in [1.807, 2.05) is 30.3 Å². The lowest BCUT2D eigenvalue weighted by molar-refractivity contribution is -0.149. The third kappa shape index (κ3) is 6.64. The molecule has 2 aromatic rings. The van der Waals surface area contributed by atoms with Crippen LogP contribution in [0, 0.1) is 11.6 Å². The summed E-state index contributed by atoms with van der Waals surface area (Å²) in [7, 11) is 0. The summed E-state index contributed by atoms with van der Waals surface area (Å²) >= 11 is 0. The van der Waals surface area contributed by atoms with Crippen molar-refractivity contribution in [3.8, 4) is 0 Å². The van der Waals surface area contributed by atoms with Gasteiger partial charge in [-0.1, -0.05) is 30.3 Å². The molecule has 146 valence electrons. The van der Waals surface area contributed by atoms with Crippen LogP contribution >= 0.6 is 0 Å². The number of anilines is 1. The largest absolute Gasteiger partial charge is 0.454 e. The monoisotopic (exact) mass is 388 g/mol. The van der Waals surface area contributed by atoms with Crippen molar-refractivity contribution in [1.29, 1.82) is 0 Å². The summed E-state index contributed by atoms with van der Waals surface area (Å²) in [5.41, 5.74) is 0.576. The number of carbonyl (C=O) groups is 3. The fourth-order valence-corrected chi connectivity index (χ4v) is 2.10. The van der Waals surface area contributed by atoms with Crippen molar-refractivity contribution >= 4 is 29.5 Å². The molecule has 0 aliphatic rings. The molecule has 2 aromatic carbocycles. The minimum absolute atomic E-state index is 0.241. The molecule has 0 unspecified atom stereocenters. The van der Waals surface area contributed by atoms with E-state index < -0.39 is 42.1 Å². The molecule has 0 aromatic heterocycles. The predicted molar refractivity (Wildman–Crippen MR) is 99.0 cm³/mol. The molecule has 0 saturated heterocycles. The summed E-state index contributed by atoms with van der Waals surface area (Å²) in [5, 5.41) is 4.56. The van der Waals surface area contributed by atoms with Gasteiger partial charge in [0.05, 0.1) is 5.69 Å². The summed E-state index contributed by atoms with van der Waals surface area (Å²) in [6.45, 7) is 0.712. The first-order chi connectivity index (χ1) is 13.3. The molecule has 2 rings (SSSR count). The molecule has 0 aliphatic carbocycles. The Balaban J connectivity index is 1.77. The van der Waals surface area contributed by atoms with E-state index in [-0.39, 0.29) is 5.69 Å². The SMILES string of the molecule is C[C@H](NC(=O)/C=C/c1ccccc1)C(=O)OCC(=O)Nc1ccc(F)cc1F. The maximum absolute atomic E-state index is 13.5. The van der Waals surface area contributed by atoms with E-state index in [0.717, 1.165) is 17.7 Å². The summed E-state index contributed by atoms with van der Waals surface area (Å²) in [6.07, 6.45) is 2.85. The Morgan fingerprint density at radius 3 is 2.50 bits per heavy atom. The van der Waals surface area contributed by atoms with E-state index in [9.17, 15) is 23.2 Å². The van der Waals surface area contributed by atoms with Crippen molar-refractivity contribution in [2.45, 2.75) is 13.0 Å². The van der Waals surface area contributed by atoms with Crippen molar-refractivity contribution in [3.05, 3.63) is 71.8 Å². The fourth-order valence-electron chi connectivity index (χ4n) is 2.10. The smallest absolute Gasteiger partial charge is 0.328 e. The topological polar surface area (TPSA) is 84.5 Å².